The molecule has 0 saturated heterocycles. The molecule has 1 aliphatic rings. The molecule has 1 aromatic heterocycles. The zero-order chi connectivity index (χ0) is 17.4. The second-order valence-corrected chi connectivity index (χ2v) is 6.18. The molecule has 1 amide bonds. The molecule has 0 saturated carbocycles. The van der Waals surface area contributed by atoms with Crippen LogP contribution in [0.3, 0.4) is 0 Å². The van der Waals surface area contributed by atoms with Crippen molar-refractivity contribution in [3.63, 3.8) is 0 Å². The van der Waals surface area contributed by atoms with Crippen molar-refractivity contribution in [1.29, 1.82) is 0 Å². The molecule has 128 valence electrons. The number of nitrogens with zero attached hydrogens (tertiary/aromatic N) is 1. The van der Waals surface area contributed by atoms with E-state index in [1.807, 2.05) is 55.5 Å². The van der Waals surface area contributed by atoms with Crippen LogP contribution in [0.4, 0.5) is 0 Å². The van der Waals surface area contributed by atoms with Gasteiger partial charge in [-0.05, 0) is 31.2 Å². The van der Waals surface area contributed by atoms with Crippen LogP contribution in [0.25, 0.3) is 11.0 Å². The van der Waals surface area contributed by atoms with E-state index in [1.54, 1.807) is 18.0 Å². The lowest BCUT2D eigenvalue weighted by atomic mass is 10.1. The third-order valence-electron chi connectivity index (χ3n) is 4.57. The van der Waals surface area contributed by atoms with Crippen molar-refractivity contribution >= 4 is 16.9 Å². The van der Waals surface area contributed by atoms with E-state index >= 15 is 0 Å². The predicted octanol–water partition coefficient (Wildman–Crippen LogP) is 3.79. The standard InChI is InChI=1S/C20H19NO4/c1-13(18-11-14-7-3-4-8-15(14)24-18)21(2)20(22)19-12-23-16-9-5-6-10-17(16)25-19/h3-11,13,19H,12H2,1-2H3/t13-,19+/m0/s1. The number of likely N-dealkylation sites (N-methyl/N-ethyl adjacent to an activating group) is 1. The highest BCUT2D eigenvalue weighted by Gasteiger charge is 2.32. The van der Waals surface area contributed by atoms with Crippen molar-refractivity contribution in [2.24, 2.45) is 0 Å². The number of ether oxygens (including phenoxy) is 2. The predicted molar refractivity (Wildman–Crippen MR) is 93.8 cm³/mol. The first-order valence-electron chi connectivity index (χ1n) is 8.27. The Morgan fingerprint density at radius 3 is 2.64 bits per heavy atom. The lowest BCUT2D eigenvalue weighted by Crippen LogP contribution is -2.45. The van der Waals surface area contributed by atoms with E-state index in [0.29, 0.717) is 11.5 Å². The lowest BCUT2D eigenvalue weighted by molar-refractivity contribution is -0.142. The Morgan fingerprint density at radius 2 is 1.84 bits per heavy atom. The van der Waals surface area contributed by atoms with Gasteiger partial charge in [0.15, 0.2) is 11.5 Å². The van der Waals surface area contributed by atoms with Gasteiger partial charge in [-0.15, -0.1) is 0 Å². The highest BCUT2D eigenvalue weighted by molar-refractivity contribution is 5.82. The first-order valence-corrected chi connectivity index (χ1v) is 8.27. The first-order chi connectivity index (χ1) is 12.1. The summed E-state index contributed by atoms with van der Waals surface area (Å²) in [5.74, 6) is 1.87. The van der Waals surface area contributed by atoms with E-state index in [0.717, 1.165) is 16.7 Å². The molecule has 0 unspecified atom stereocenters. The molecular weight excluding hydrogens is 318 g/mol. The van der Waals surface area contributed by atoms with Crippen LogP contribution in [0.1, 0.15) is 18.7 Å². The molecule has 25 heavy (non-hydrogen) atoms. The van der Waals surface area contributed by atoms with Gasteiger partial charge in [0.05, 0.1) is 6.04 Å². The first kappa shape index (κ1) is 15.6. The molecule has 1 aliphatic heterocycles. The van der Waals surface area contributed by atoms with E-state index < -0.39 is 6.10 Å². The number of hydrogen-bond donors (Lipinski definition) is 0. The Kier molecular flexibility index (Phi) is 3.84. The second-order valence-electron chi connectivity index (χ2n) is 6.18. The number of amides is 1. The van der Waals surface area contributed by atoms with Gasteiger partial charge in [-0.1, -0.05) is 30.3 Å². The number of benzene rings is 2. The zero-order valence-electron chi connectivity index (χ0n) is 14.1. The minimum absolute atomic E-state index is 0.137. The van der Waals surface area contributed by atoms with Crippen molar-refractivity contribution in [1.82, 2.24) is 4.90 Å². The number of furan rings is 1. The largest absolute Gasteiger partial charge is 0.485 e. The Balaban J connectivity index is 1.52. The minimum atomic E-state index is -0.660. The van der Waals surface area contributed by atoms with Crippen molar-refractivity contribution in [3.05, 3.63) is 60.4 Å². The summed E-state index contributed by atoms with van der Waals surface area (Å²) in [5, 5.41) is 1.02. The van der Waals surface area contributed by atoms with Crippen LogP contribution in [0.2, 0.25) is 0 Å². The van der Waals surface area contributed by atoms with E-state index in [9.17, 15) is 4.79 Å². The van der Waals surface area contributed by atoms with Gasteiger partial charge in [-0.3, -0.25) is 4.79 Å². The SMILES string of the molecule is C[C@@H](c1cc2ccccc2o1)N(C)C(=O)[C@H]1COc2ccccc2O1. The molecule has 0 fully saturated rings. The smallest absolute Gasteiger partial charge is 0.267 e. The Morgan fingerprint density at radius 1 is 1.12 bits per heavy atom. The Bertz CT molecular complexity index is 884. The lowest BCUT2D eigenvalue weighted by Gasteiger charge is -2.31. The average molecular weight is 337 g/mol. The summed E-state index contributed by atoms with van der Waals surface area (Å²) < 4.78 is 17.3. The van der Waals surface area contributed by atoms with Crippen LogP contribution in [0.5, 0.6) is 11.5 Å². The number of fused-ring (bicyclic) bond motifs is 2. The number of hydrogen-bond acceptors (Lipinski definition) is 4. The van der Waals surface area contributed by atoms with Crippen LogP contribution in [0.15, 0.2) is 59.0 Å². The Hall–Kier alpha value is -2.95. The molecule has 0 N–H and O–H groups in total. The summed E-state index contributed by atoms with van der Waals surface area (Å²) in [4.78, 5) is 14.5. The molecule has 3 aromatic rings. The monoisotopic (exact) mass is 337 g/mol. The highest BCUT2D eigenvalue weighted by atomic mass is 16.6. The van der Waals surface area contributed by atoms with Crippen molar-refractivity contribution in [2.75, 3.05) is 13.7 Å². The topological polar surface area (TPSA) is 51.9 Å². The zero-order valence-corrected chi connectivity index (χ0v) is 14.1. The van der Waals surface area contributed by atoms with Gasteiger partial charge in [-0.2, -0.15) is 0 Å². The molecular formula is C20H19NO4. The number of rotatable bonds is 3. The highest BCUT2D eigenvalue weighted by Crippen LogP contribution is 2.32. The molecule has 2 aromatic carbocycles. The van der Waals surface area contributed by atoms with Gasteiger partial charge in [0.25, 0.3) is 5.91 Å². The van der Waals surface area contributed by atoms with Crippen molar-refractivity contribution < 1.29 is 18.7 Å². The summed E-state index contributed by atoms with van der Waals surface area (Å²) in [6, 6.07) is 16.9. The molecule has 2 atom stereocenters. The van der Waals surface area contributed by atoms with Crippen LogP contribution < -0.4 is 9.47 Å². The van der Waals surface area contributed by atoms with E-state index in [2.05, 4.69) is 0 Å². The van der Waals surface area contributed by atoms with E-state index in [4.69, 9.17) is 13.9 Å². The minimum Gasteiger partial charge on any atom is -0.485 e. The number of carbonyl (C=O) groups excluding carboxylic acids is 1. The van der Waals surface area contributed by atoms with Crippen LogP contribution in [0, 0.1) is 0 Å². The third-order valence-corrected chi connectivity index (χ3v) is 4.57. The normalized spacial score (nSPS) is 17.3. The fourth-order valence-corrected chi connectivity index (χ4v) is 2.96. The van der Waals surface area contributed by atoms with Gasteiger partial charge in [0, 0.05) is 12.4 Å². The van der Waals surface area contributed by atoms with Gasteiger partial charge >= 0.3 is 0 Å². The fraction of sp³-hybridized carbons (Fsp3) is 0.250. The van der Waals surface area contributed by atoms with Crippen LogP contribution in [-0.2, 0) is 4.79 Å². The average Bonchev–Trinajstić information content (AvgIpc) is 3.10. The fourth-order valence-electron chi connectivity index (χ4n) is 2.96. The third kappa shape index (κ3) is 2.82. The number of para-hydroxylation sites is 3. The van der Waals surface area contributed by atoms with Gasteiger partial charge in [0.1, 0.15) is 18.0 Å². The van der Waals surface area contributed by atoms with E-state index in [1.165, 1.54) is 0 Å². The maximum Gasteiger partial charge on any atom is 0.267 e. The molecule has 0 aliphatic carbocycles. The maximum absolute atomic E-state index is 12.8. The molecule has 4 rings (SSSR count). The number of carbonyl (C=O) groups is 1. The summed E-state index contributed by atoms with van der Waals surface area (Å²) >= 11 is 0. The summed E-state index contributed by atoms with van der Waals surface area (Å²) in [7, 11) is 1.75. The van der Waals surface area contributed by atoms with Crippen molar-refractivity contribution in [3.8, 4) is 11.5 Å². The molecule has 0 radical (unpaired) electrons. The molecule has 0 bridgehead atoms. The van der Waals surface area contributed by atoms with Gasteiger partial charge in [-0.25, -0.2) is 0 Å². The van der Waals surface area contributed by atoms with Crippen LogP contribution in [-0.4, -0.2) is 30.6 Å². The molecule has 0 spiro atoms. The van der Waals surface area contributed by atoms with Crippen molar-refractivity contribution in [2.45, 2.75) is 19.1 Å². The second kappa shape index (κ2) is 6.16. The Labute approximate surface area is 145 Å². The summed E-state index contributed by atoms with van der Waals surface area (Å²) in [6.07, 6.45) is -0.660. The molecule has 2 heterocycles. The van der Waals surface area contributed by atoms with E-state index in [-0.39, 0.29) is 18.6 Å². The summed E-state index contributed by atoms with van der Waals surface area (Å²) in [6.45, 7) is 2.14. The van der Waals surface area contributed by atoms with Gasteiger partial charge in [0.2, 0.25) is 6.10 Å². The van der Waals surface area contributed by atoms with Crippen LogP contribution >= 0.6 is 0 Å². The van der Waals surface area contributed by atoms with Gasteiger partial charge < -0.3 is 18.8 Å². The molecule has 5 heteroatoms. The quantitative estimate of drug-likeness (QED) is 0.730. The maximum atomic E-state index is 12.8. The molecule has 5 nitrogen and oxygen atoms in total. The summed E-state index contributed by atoms with van der Waals surface area (Å²) in [5.41, 5.74) is 0.816.